The molecule has 0 atom stereocenters. The normalized spacial score (nSPS) is 10.6. The summed E-state index contributed by atoms with van der Waals surface area (Å²) in [6.07, 6.45) is 0.655. The fourth-order valence-electron chi connectivity index (χ4n) is 2.09. The smallest absolute Gasteiger partial charge is 0.135 e. The molecule has 0 unspecified atom stereocenters. The van der Waals surface area contributed by atoms with Crippen molar-refractivity contribution in [1.82, 2.24) is 9.97 Å². The predicted molar refractivity (Wildman–Crippen MR) is 86.7 cm³/mol. The molecule has 4 heteroatoms. The Hall–Kier alpha value is -1.90. The summed E-state index contributed by atoms with van der Waals surface area (Å²) in [6.45, 7) is 0. The van der Waals surface area contributed by atoms with Crippen LogP contribution in [0.3, 0.4) is 0 Å². The minimum absolute atomic E-state index is 0.445. The van der Waals surface area contributed by atoms with E-state index in [4.69, 9.17) is 23.2 Å². The first-order valence-electron chi connectivity index (χ1n) is 6.54. The number of rotatable bonds is 3. The third kappa shape index (κ3) is 3.60. The van der Waals surface area contributed by atoms with Crippen molar-refractivity contribution in [3.63, 3.8) is 0 Å². The minimum atomic E-state index is 0.445. The van der Waals surface area contributed by atoms with Gasteiger partial charge in [0.05, 0.1) is 5.69 Å². The van der Waals surface area contributed by atoms with Crippen LogP contribution in [0, 0.1) is 0 Å². The zero-order valence-electron chi connectivity index (χ0n) is 11.1. The summed E-state index contributed by atoms with van der Waals surface area (Å²) < 4.78 is 0. The third-order valence-corrected chi connectivity index (χ3v) is 3.53. The molecule has 0 aliphatic carbocycles. The van der Waals surface area contributed by atoms with Crippen LogP contribution in [0.1, 0.15) is 11.4 Å². The van der Waals surface area contributed by atoms with Gasteiger partial charge in [0.25, 0.3) is 0 Å². The van der Waals surface area contributed by atoms with Gasteiger partial charge in [-0.3, -0.25) is 0 Å². The van der Waals surface area contributed by atoms with Gasteiger partial charge in [-0.25, -0.2) is 9.97 Å². The highest BCUT2D eigenvalue weighted by molar-refractivity contribution is 6.30. The van der Waals surface area contributed by atoms with E-state index in [9.17, 15) is 0 Å². The molecular weight excluding hydrogens is 303 g/mol. The van der Waals surface area contributed by atoms with Crippen LogP contribution >= 0.6 is 23.2 Å². The Morgan fingerprint density at radius 2 is 1.52 bits per heavy atom. The molecule has 3 rings (SSSR count). The second kappa shape index (κ2) is 6.25. The highest BCUT2D eigenvalue weighted by Gasteiger charge is 2.06. The van der Waals surface area contributed by atoms with Crippen molar-refractivity contribution in [2.75, 3.05) is 0 Å². The zero-order valence-corrected chi connectivity index (χ0v) is 12.6. The first-order chi connectivity index (χ1) is 10.2. The maximum Gasteiger partial charge on any atom is 0.135 e. The van der Waals surface area contributed by atoms with Crippen molar-refractivity contribution >= 4 is 23.2 Å². The van der Waals surface area contributed by atoms with Crippen molar-refractivity contribution in [3.05, 3.63) is 82.2 Å². The van der Waals surface area contributed by atoms with Gasteiger partial charge < -0.3 is 0 Å². The standard InChI is InChI=1S/C17H12Cl2N2/c18-14-8-6-13(7-9-14)15-11-16(19)21-17(20-15)10-12-4-2-1-3-5-12/h1-9,11H,10H2. The molecule has 2 aromatic carbocycles. The predicted octanol–water partition coefficient (Wildman–Crippen LogP) is 5.04. The molecule has 0 aliphatic heterocycles. The van der Waals surface area contributed by atoms with E-state index in [1.54, 1.807) is 6.07 Å². The van der Waals surface area contributed by atoms with Crippen LogP contribution in [-0.4, -0.2) is 9.97 Å². The van der Waals surface area contributed by atoms with E-state index in [0.29, 0.717) is 22.4 Å². The third-order valence-electron chi connectivity index (χ3n) is 3.09. The zero-order chi connectivity index (χ0) is 14.7. The van der Waals surface area contributed by atoms with E-state index < -0.39 is 0 Å². The highest BCUT2D eigenvalue weighted by Crippen LogP contribution is 2.22. The number of hydrogen-bond acceptors (Lipinski definition) is 2. The number of hydrogen-bond donors (Lipinski definition) is 0. The van der Waals surface area contributed by atoms with Crippen molar-refractivity contribution < 1.29 is 0 Å². The van der Waals surface area contributed by atoms with E-state index in [-0.39, 0.29) is 0 Å². The van der Waals surface area contributed by atoms with Gasteiger partial charge >= 0.3 is 0 Å². The molecule has 21 heavy (non-hydrogen) atoms. The van der Waals surface area contributed by atoms with Crippen LogP contribution in [0.4, 0.5) is 0 Å². The van der Waals surface area contributed by atoms with Gasteiger partial charge in [0.1, 0.15) is 11.0 Å². The Kier molecular flexibility index (Phi) is 4.18. The first kappa shape index (κ1) is 14.1. The number of benzene rings is 2. The quantitative estimate of drug-likeness (QED) is 0.633. The van der Waals surface area contributed by atoms with E-state index >= 15 is 0 Å². The Labute approximate surface area is 133 Å². The van der Waals surface area contributed by atoms with E-state index in [0.717, 1.165) is 16.8 Å². The summed E-state index contributed by atoms with van der Waals surface area (Å²) in [5, 5.41) is 1.14. The van der Waals surface area contributed by atoms with Crippen LogP contribution in [0.25, 0.3) is 11.3 Å². The fourth-order valence-corrected chi connectivity index (χ4v) is 2.42. The van der Waals surface area contributed by atoms with Gasteiger partial charge in [0, 0.05) is 23.1 Å². The summed E-state index contributed by atoms with van der Waals surface area (Å²) in [5.74, 6) is 0.707. The molecule has 1 heterocycles. The van der Waals surface area contributed by atoms with Crippen molar-refractivity contribution in [3.8, 4) is 11.3 Å². The number of halogens is 2. The van der Waals surface area contributed by atoms with E-state index in [1.165, 1.54) is 0 Å². The van der Waals surface area contributed by atoms with Gasteiger partial charge in [-0.2, -0.15) is 0 Å². The molecule has 104 valence electrons. The number of nitrogens with zero attached hydrogens (tertiary/aromatic N) is 2. The summed E-state index contributed by atoms with van der Waals surface area (Å²) in [6, 6.07) is 19.4. The molecule has 1 aromatic heterocycles. The van der Waals surface area contributed by atoms with E-state index in [1.807, 2.05) is 54.6 Å². The summed E-state index contributed by atoms with van der Waals surface area (Å²) in [7, 11) is 0. The number of aromatic nitrogens is 2. The van der Waals surface area contributed by atoms with E-state index in [2.05, 4.69) is 9.97 Å². The van der Waals surface area contributed by atoms with Crippen molar-refractivity contribution in [2.45, 2.75) is 6.42 Å². The van der Waals surface area contributed by atoms with Gasteiger partial charge in [0.15, 0.2) is 0 Å². The Morgan fingerprint density at radius 1 is 0.810 bits per heavy atom. The minimum Gasteiger partial charge on any atom is -0.232 e. The lowest BCUT2D eigenvalue weighted by Gasteiger charge is -2.06. The molecule has 0 fully saturated rings. The second-order valence-electron chi connectivity index (χ2n) is 4.66. The van der Waals surface area contributed by atoms with Gasteiger partial charge in [0.2, 0.25) is 0 Å². The molecular formula is C17H12Cl2N2. The van der Waals surface area contributed by atoms with Gasteiger partial charge in [-0.15, -0.1) is 0 Å². The highest BCUT2D eigenvalue weighted by atomic mass is 35.5. The van der Waals surface area contributed by atoms with Gasteiger partial charge in [-0.05, 0) is 17.7 Å². The van der Waals surface area contributed by atoms with Crippen LogP contribution < -0.4 is 0 Å². The lowest BCUT2D eigenvalue weighted by Crippen LogP contribution is -1.98. The lowest BCUT2D eigenvalue weighted by atomic mass is 10.1. The molecule has 0 N–H and O–H groups in total. The van der Waals surface area contributed by atoms with Crippen LogP contribution in [0.15, 0.2) is 60.7 Å². The van der Waals surface area contributed by atoms with Crippen molar-refractivity contribution in [1.29, 1.82) is 0 Å². The lowest BCUT2D eigenvalue weighted by molar-refractivity contribution is 0.972. The maximum atomic E-state index is 6.12. The molecule has 0 bridgehead atoms. The molecule has 2 nitrogen and oxygen atoms in total. The second-order valence-corrected chi connectivity index (χ2v) is 5.49. The molecule has 0 aliphatic rings. The Bertz CT molecular complexity index is 740. The molecule has 0 amide bonds. The summed E-state index contributed by atoms with van der Waals surface area (Å²) in [5.41, 5.74) is 2.93. The van der Waals surface area contributed by atoms with Crippen LogP contribution in [-0.2, 0) is 6.42 Å². The summed E-state index contributed by atoms with van der Waals surface area (Å²) >= 11 is 12.0. The van der Waals surface area contributed by atoms with Gasteiger partial charge in [-0.1, -0.05) is 65.7 Å². The topological polar surface area (TPSA) is 25.8 Å². The first-order valence-corrected chi connectivity index (χ1v) is 7.29. The molecule has 0 spiro atoms. The molecule has 0 radical (unpaired) electrons. The average Bonchev–Trinajstić information content (AvgIpc) is 2.48. The molecule has 3 aromatic rings. The Morgan fingerprint density at radius 3 is 2.24 bits per heavy atom. The van der Waals surface area contributed by atoms with Crippen LogP contribution in [0.2, 0.25) is 10.2 Å². The van der Waals surface area contributed by atoms with Crippen molar-refractivity contribution in [2.24, 2.45) is 0 Å². The monoisotopic (exact) mass is 314 g/mol. The average molecular weight is 315 g/mol. The maximum absolute atomic E-state index is 6.12. The molecule has 0 saturated heterocycles. The summed E-state index contributed by atoms with van der Waals surface area (Å²) in [4.78, 5) is 8.89. The largest absolute Gasteiger partial charge is 0.232 e. The van der Waals surface area contributed by atoms with Crippen LogP contribution in [0.5, 0.6) is 0 Å². The fraction of sp³-hybridized carbons (Fsp3) is 0.0588. The SMILES string of the molecule is Clc1ccc(-c2cc(Cl)nc(Cc3ccccc3)n2)cc1. The Balaban J connectivity index is 1.94. The molecule has 0 saturated carbocycles.